The van der Waals surface area contributed by atoms with Crippen molar-refractivity contribution in [3.63, 3.8) is 0 Å². The summed E-state index contributed by atoms with van der Waals surface area (Å²) in [5, 5.41) is 0.816. The second kappa shape index (κ2) is 7.61. The Balaban J connectivity index is 1.49. The van der Waals surface area contributed by atoms with Crippen molar-refractivity contribution >= 4 is 39.6 Å². The van der Waals surface area contributed by atoms with Crippen molar-refractivity contribution in [1.82, 2.24) is 4.98 Å². The third kappa shape index (κ3) is 3.78. The van der Waals surface area contributed by atoms with Crippen LogP contribution in [0.1, 0.15) is 24.1 Å². The minimum Gasteiger partial charge on any atom is -0.423 e. The maximum absolute atomic E-state index is 13.3. The Morgan fingerprint density at radius 2 is 1.97 bits per heavy atom. The summed E-state index contributed by atoms with van der Waals surface area (Å²) in [6, 6.07) is 13.4. The number of benzene rings is 2. The highest BCUT2D eigenvalue weighted by Gasteiger charge is 2.13. The zero-order chi connectivity index (χ0) is 19.8. The topological polar surface area (TPSA) is 43.1 Å². The molecule has 6 heteroatoms. The maximum atomic E-state index is 13.3. The first-order valence-electron chi connectivity index (χ1n) is 9.33. The smallest absolute Gasteiger partial charge is 0.336 e. The van der Waals surface area contributed by atoms with Gasteiger partial charge < -0.3 is 4.42 Å². The van der Waals surface area contributed by atoms with Gasteiger partial charge in [-0.2, -0.15) is 0 Å². The van der Waals surface area contributed by atoms with Crippen molar-refractivity contribution in [1.29, 1.82) is 0 Å². The number of nitrogens with zero attached hydrogens (tertiary/aromatic N) is 1. The van der Waals surface area contributed by atoms with E-state index in [2.05, 4.69) is 11.1 Å². The van der Waals surface area contributed by atoms with Crippen LogP contribution in [0.4, 0.5) is 4.39 Å². The van der Waals surface area contributed by atoms with Gasteiger partial charge in [0.2, 0.25) is 0 Å². The molecule has 2 aromatic heterocycles. The lowest BCUT2D eigenvalue weighted by Crippen LogP contribution is -1.98. The lowest BCUT2D eigenvalue weighted by molar-refractivity contribution is 0.561. The van der Waals surface area contributed by atoms with Gasteiger partial charge in [0.15, 0.2) is 4.34 Å². The van der Waals surface area contributed by atoms with Crippen LogP contribution in [0.25, 0.3) is 27.7 Å². The van der Waals surface area contributed by atoms with Gasteiger partial charge in [-0.05, 0) is 66.3 Å². The Bertz CT molecular complexity index is 1290. The van der Waals surface area contributed by atoms with Crippen molar-refractivity contribution in [3.8, 4) is 11.1 Å². The lowest BCUT2D eigenvalue weighted by Gasteiger charge is -2.07. The van der Waals surface area contributed by atoms with Crippen LogP contribution in [0, 0.1) is 5.82 Å². The molecule has 5 rings (SSSR count). The van der Waals surface area contributed by atoms with Crippen LogP contribution < -0.4 is 5.63 Å². The SMILES string of the molecule is O=c1cc(-c2ccc(F)cc2)c2ccc(Sc3ncc(C4=CCCC4)s3)cc2o1. The monoisotopic (exact) mass is 421 g/mol. The van der Waals surface area contributed by atoms with Crippen LogP contribution >= 0.6 is 23.1 Å². The van der Waals surface area contributed by atoms with Gasteiger partial charge in [0.1, 0.15) is 11.4 Å². The molecule has 0 spiro atoms. The molecular weight excluding hydrogens is 405 g/mol. The Kier molecular flexibility index (Phi) is 4.81. The molecule has 3 nitrogen and oxygen atoms in total. The molecule has 1 aliphatic rings. The molecule has 0 N–H and O–H groups in total. The Labute approximate surface area is 174 Å². The van der Waals surface area contributed by atoms with Crippen LogP contribution in [0.3, 0.4) is 0 Å². The summed E-state index contributed by atoms with van der Waals surface area (Å²) >= 11 is 3.25. The van der Waals surface area contributed by atoms with Gasteiger partial charge in [-0.3, -0.25) is 0 Å². The second-order valence-corrected chi connectivity index (χ2v) is 9.21. The molecule has 0 unspecified atom stereocenters. The van der Waals surface area contributed by atoms with E-state index in [9.17, 15) is 9.18 Å². The van der Waals surface area contributed by atoms with Gasteiger partial charge >= 0.3 is 5.63 Å². The summed E-state index contributed by atoms with van der Waals surface area (Å²) in [7, 11) is 0. The molecule has 2 aromatic carbocycles. The van der Waals surface area contributed by atoms with Crippen molar-refractivity contribution in [2.75, 3.05) is 0 Å². The lowest BCUT2D eigenvalue weighted by atomic mass is 10.0. The Hall–Kier alpha value is -2.70. The number of hydrogen-bond acceptors (Lipinski definition) is 5. The number of hydrogen-bond donors (Lipinski definition) is 0. The van der Waals surface area contributed by atoms with Gasteiger partial charge in [0, 0.05) is 22.5 Å². The summed E-state index contributed by atoms with van der Waals surface area (Å²) in [5.41, 5.74) is 2.99. The largest absolute Gasteiger partial charge is 0.423 e. The average molecular weight is 422 g/mol. The predicted molar refractivity (Wildman–Crippen MR) is 116 cm³/mol. The van der Waals surface area contributed by atoms with Crippen molar-refractivity contribution < 1.29 is 8.81 Å². The van der Waals surface area contributed by atoms with Gasteiger partial charge in [-0.1, -0.05) is 30.0 Å². The molecule has 0 saturated heterocycles. The molecule has 2 heterocycles. The molecule has 0 saturated carbocycles. The Morgan fingerprint density at radius 3 is 2.76 bits per heavy atom. The molecule has 0 atom stereocenters. The summed E-state index contributed by atoms with van der Waals surface area (Å²) in [5.74, 6) is -0.309. The quantitative estimate of drug-likeness (QED) is 0.341. The molecule has 0 aliphatic heterocycles. The van der Waals surface area contributed by atoms with E-state index in [1.807, 2.05) is 24.4 Å². The maximum Gasteiger partial charge on any atom is 0.336 e. The van der Waals surface area contributed by atoms with Crippen LogP contribution in [0.5, 0.6) is 0 Å². The van der Waals surface area contributed by atoms with Gasteiger partial charge in [-0.25, -0.2) is 14.2 Å². The highest BCUT2D eigenvalue weighted by Crippen LogP contribution is 2.38. The van der Waals surface area contributed by atoms with E-state index < -0.39 is 5.63 Å². The molecule has 4 aromatic rings. The van der Waals surface area contributed by atoms with Crippen molar-refractivity contribution in [3.05, 3.63) is 81.9 Å². The number of thiazole rings is 1. The number of aromatic nitrogens is 1. The standard InChI is InChI=1S/C23H16FNO2S2/c24-16-7-5-14(6-8-16)19-12-22(26)27-20-11-17(9-10-18(19)20)28-23-25-13-21(29-23)15-3-1-2-4-15/h3,5-13H,1-2,4H2. The summed E-state index contributed by atoms with van der Waals surface area (Å²) in [6.45, 7) is 0. The fraction of sp³-hybridized carbons (Fsp3) is 0.130. The van der Waals surface area contributed by atoms with Crippen LogP contribution in [-0.2, 0) is 0 Å². The van der Waals surface area contributed by atoms with Gasteiger partial charge in [0.25, 0.3) is 0 Å². The summed E-state index contributed by atoms with van der Waals surface area (Å²) < 4.78 is 19.7. The molecule has 29 heavy (non-hydrogen) atoms. The number of fused-ring (bicyclic) bond motifs is 1. The first-order chi connectivity index (χ1) is 14.2. The van der Waals surface area contributed by atoms with E-state index >= 15 is 0 Å². The normalized spacial score (nSPS) is 13.8. The summed E-state index contributed by atoms with van der Waals surface area (Å²) in [4.78, 5) is 18.8. The second-order valence-electron chi connectivity index (χ2n) is 6.86. The predicted octanol–water partition coefficient (Wildman–Crippen LogP) is 6.77. The van der Waals surface area contributed by atoms with Crippen LogP contribution in [0.2, 0.25) is 0 Å². The highest BCUT2D eigenvalue weighted by atomic mass is 32.2. The molecule has 0 amide bonds. The fourth-order valence-corrected chi connectivity index (χ4v) is 5.57. The number of halogens is 1. The number of allylic oxidation sites excluding steroid dienone is 2. The van der Waals surface area contributed by atoms with E-state index in [4.69, 9.17) is 4.42 Å². The third-order valence-electron chi connectivity index (χ3n) is 4.92. The zero-order valence-electron chi connectivity index (χ0n) is 15.4. The highest BCUT2D eigenvalue weighted by molar-refractivity contribution is 8.01. The van der Waals surface area contributed by atoms with Crippen LogP contribution in [0.15, 0.2) is 79.3 Å². The van der Waals surface area contributed by atoms with E-state index in [0.29, 0.717) is 5.58 Å². The average Bonchev–Trinajstić information content (AvgIpc) is 3.39. The molecular formula is C23H16FNO2S2. The molecule has 0 bridgehead atoms. The zero-order valence-corrected chi connectivity index (χ0v) is 17.0. The van der Waals surface area contributed by atoms with Gasteiger partial charge in [-0.15, -0.1) is 11.3 Å². The molecule has 0 fully saturated rings. The molecule has 144 valence electrons. The van der Waals surface area contributed by atoms with Crippen LogP contribution in [-0.4, -0.2) is 4.98 Å². The first-order valence-corrected chi connectivity index (χ1v) is 11.0. The minimum atomic E-state index is -0.427. The number of rotatable bonds is 4. The van der Waals surface area contributed by atoms with Gasteiger partial charge in [0.05, 0.1) is 4.88 Å². The third-order valence-corrected chi connectivity index (χ3v) is 7.06. The summed E-state index contributed by atoms with van der Waals surface area (Å²) in [6.07, 6.45) is 7.73. The minimum absolute atomic E-state index is 0.309. The fourth-order valence-electron chi connectivity index (χ4n) is 3.52. The molecule has 1 aliphatic carbocycles. The Morgan fingerprint density at radius 1 is 1.10 bits per heavy atom. The molecule has 0 radical (unpaired) electrons. The van der Waals surface area contributed by atoms with Crippen molar-refractivity contribution in [2.24, 2.45) is 0 Å². The van der Waals surface area contributed by atoms with E-state index in [1.165, 1.54) is 35.1 Å². The van der Waals surface area contributed by atoms with E-state index in [-0.39, 0.29) is 5.82 Å². The first kappa shape index (κ1) is 18.3. The van der Waals surface area contributed by atoms with E-state index in [0.717, 1.165) is 38.6 Å². The van der Waals surface area contributed by atoms with E-state index in [1.54, 1.807) is 35.2 Å². The van der Waals surface area contributed by atoms with Crippen molar-refractivity contribution in [2.45, 2.75) is 28.5 Å².